The highest BCUT2D eigenvalue weighted by molar-refractivity contribution is 6.30. The standard InChI is InChI=1S/C17H22ClN5O/c1-21-7-5-16(20-21)19-17(24)6-8-22-9-11-23(12-10-22)15-4-2-3-14(18)13-15/h2-5,7,13H,6,8-12H2,1H3,(H,19,20,24). The number of piperazine rings is 1. The zero-order chi connectivity index (χ0) is 16.9. The van der Waals surface area contributed by atoms with Crippen LogP contribution in [-0.2, 0) is 11.8 Å². The quantitative estimate of drug-likeness (QED) is 0.901. The molecule has 1 saturated heterocycles. The number of carbonyl (C=O) groups excluding carboxylic acids is 1. The van der Waals surface area contributed by atoms with Crippen molar-refractivity contribution in [2.75, 3.05) is 42.9 Å². The number of amides is 1. The first-order valence-electron chi connectivity index (χ1n) is 8.12. The van der Waals surface area contributed by atoms with E-state index < -0.39 is 0 Å². The van der Waals surface area contributed by atoms with Crippen LogP contribution in [0.2, 0.25) is 5.02 Å². The molecule has 0 unspecified atom stereocenters. The molecule has 1 aromatic carbocycles. The molecule has 128 valence electrons. The van der Waals surface area contributed by atoms with Crippen LogP contribution in [0, 0.1) is 0 Å². The fourth-order valence-electron chi connectivity index (χ4n) is 2.85. The van der Waals surface area contributed by atoms with Gasteiger partial charge in [0.1, 0.15) is 0 Å². The lowest BCUT2D eigenvalue weighted by Gasteiger charge is -2.36. The van der Waals surface area contributed by atoms with Crippen molar-refractivity contribution >= 4 is 29.0 Å². The number of halogens is 1. The monoisotopic (exact) mass is 347 g/mol. The van der Waals surface area contributed by atoms with Crippen LogP contribution >= 0.6 is 11.6 Å². The molecule has 0 bridgehead atoms. The second kappa shape index (κ2) is 7.68. The predicted molar refractivity (Wildman–Crippen MR) is 96.6 cm³/mol. The van der Waals surface area contributed by atoms with Crippen LogP contribution in [0.1, 0.15) is 6.42 Å². The first kappa shape index (κ1) is 16.8. The van der Waals surface area contributed by atoms with Gasteiger partial charge in [0.25, 0.3) is 0 Å². The molecule has 2 aromatic rings. The van der Waals surface area contributed by atoms with Crippen molar-refractivity contribution < 1.29 is 4.79 Å². The number of aromatic nitrogens is 2. The third kappa shape index (κ3) is 4.49. The molecule has 6 nitrogen and oxygen atoms in total. The predicted octanol–water partition coefficient (Wildman–Crippen LogP) is 2.22. The molecule has 24 heavy (non-hydrogen) atoms. The molecule has 2 heterocycles. The van der Waals surface area contributed by atoms with E-state index in [2.05, 4.69) is 26.3 Å². The van der Waals surface area contributed by atoms with Gasteiger partial charge in [0.05, 0.1) is 0 Å². The van der Waals surface area contributed by atoms with Gasteiger partial charge in [-0.05, 0) is 18.2 Å². The number of aryl methyl sites for hydroxylation is 1. The summed E-state index contributed by atoms with van der Waals surface area (Å²) in [4.78, 5) is 16.6. The summed E-state index contributed by atoms with van der Waals surface area (Å²) in [5, 5.41) is 7.74. The Morgan fingerprint density at radius 1 is 1.25 bits per heavy atom. The number of nitrogens with zero attached hydrogens (tertiary/aromatic N) is 4. The van der Waals surface area contributed by atoms with E-state index in [0.717, 1.165) is 43.4 Å². The van der Waals surface area contributed by atoms with E-state index in [1.165, 1.54) is 0 Å². The van der Waals surface area contributed by atoms with Gasteiger partial charge in [-0.15, -0.1) is 0 Å². The third-order valence-electron chi connectivity index (χ3n) is 4.18. The number of rotatable bonds is 5. The molecule has 7 heteroatoms. The van der Waals surface area contributed by atoms with Crippen molar-refractivity contribution in [2.45, 2.75) is 6.42 Å². The van der Waals surface area contributed by atoms with E-state index in [-0.39, 0.29) is 5.91 Å². The zero-order valence-corrected chi connectivity index (χ0v) is 14.5. The summed E-state index contributed by atoms with van der Waals surface area (Å²) < 4.78 is 1.67. The summed E-state index contributed by atoms with van der Waals surface area (Å²) in [6.07, 6.45) is 2.29. The second-order valence-corrected chi connectivity index (χ2v) is 6.42. The molecule has 0 spiro atoms. The lowest BCUT2D eigenvalue weighted by atomic mass is 10.2. The van der Waals surface area contributed by atoms with Gasteiger partial charge in [0, 0.05) is 69.2 Å². The highest BCUT2D eigenvalue weighted by Crippen LogP contribution is 2.20. The van der Waals surface area contributed by atoms with Crippen LogP contribution < -0.4 is 10.2 Å². The minimum absolute atomic E-state index is 0.00553. The zero-order valence-electron chi connectivity index (χ0n) is 13.8. The molecular weight excluding hydrogens is 326 g/mol. The number of carbonyl (C=O) groups is 1. The van der Waals surface area contributed by atoms with Gasteiger partial charge < -0.3 is 10.2 Å². The summed E-state index contributed by atoms with van der Waals surface area (Å²) in [5.41, 5.74) is 1.16. The molecule has 1 aliphatic heterocycles. The summed E-state index contributed by atoms with van der Waals surface area (Å²) in [6, 6.07) is 9.74. The van der Waals surface area contributed by atoms with E-state index in [9.17, 15) is 4.79 Å². The first-order chi connectivity index (χ1) is 11.6. The largest absolute Gasteiger partial charge is 0.369 e. The van der Waals surface area contributed by atoms with Gasteiger partial charge in [0.2, 0.25) is 5.91 Å². The van der Waals surface area contributed by atoms with Crippen molar-refractivity contribution in [2.24, 2.45) is 7.05 Å². The number of benzene rings is 1. The average Bonchev–Trinajstić information content (AvgIpc) is 2.98. The summed E-state index contributed by atoms with van der Waals surface area (Å²) in [5.74, 6) is 0.610. The molecule has 0 saturated carbocycles. The molecule has 1 fully saturated rings. The van der Waals surface area contributed by atoms with E-state index in [0.29, 0.717) is 12.2 Å². The molecular formula is C17H22ClN5O. The normalized spacial score (nSPS) is 15.5. The van der Waals surface area contributed by atoms with Gasteiger partial charge in [-0.25, -0.2) is 0 Å². The van der Waals surface area contributed by atoms with E-state index in [4.69, 9.17) is 11.6 Å². The number of hydrogen-bond acceptors (Lipinski definition) is 4. The van der Waals surface area contributed by atoms with Crippen LogP contribution in [0.5, 0.6) is 0 Å². The van der Waals surface area contributed by atoms with Gasteiger partial charge >= 0.3 is 0 Å². The Morgan fingerprint density at radius 2 is 2.04 bits per heavy atom. The lowest BCUT2D eigenvalue weighted by molar-refractivity contribution is -0.116. The highest BCUT2D eigenvalue weighted by atomic mass is 35.5. The molecule has 1 aromatic heterocycles. The fourth-order valence-corrected chi connectivity index (χ4v) is 3.03. The summed E-state index contributed by atoms with van der Waals surface area (Å²) in [7, 11) is 1.83. The number of nitrogens with one attached hydrogen (secondary N) is 1. The minimum atomic E-state index is 0.00553. The summed E-state index contributed by atoms with van der Waals surface area (Å²) in [6.45, 7) is 4.55. The van der Waals surface area contributed by atoms with Crippen molar-refractivity contribution in [3.8, 4) is 0 Å². The van der Waals surface area contributed by atoms with Crippen molar-refractivity contribution in [1.29, 1.82) is 0 Å². The minimum Gasteiger partial charge on any atom is -0.369 e. The molecule has 1 amide bonds. The van der Waals surface area contributed by atoms with Crippen molar-refractivity contribution in [1.82, 2.24) is 14.7 Å². The Labute approximate surface area is 147 Å². The smallest absolute Gasteiger partial charge is 0.226 e. The fraction of sp³-hybridized carbons (Fsp3) is 0.412. The Hall–Kier alpha value is -2.05. The van der Waals surface area contributed by atoms with Crippen LogP contribution in [0.25, 0.3) is 0 Å². The van der Waals surface area contributed by atoms with Crippen molar-refractivity contribution in [3.05, 3.63) is 41.6 Å². The van der Waals surface area contributed by atoms with Crippen LogP contribution in [0.4, 0.5) is 11.5 Å². The molecule has 0 atom stereocenters. The number of hydrogen-bond donors (Lipinski definition) is 1. The SMILES string of the molecule is Cn1ccc(NC(=O)CCN2CCN(c3cccc(Cl)c3)CC2)n1. The molecule has 3 rings (SSSR count). The van der Waals surface area contributed by atoms with Gasteiger partial charge in [0.15, 0.2) is 5.82 Å². The molecule has 0 aliphatic carbocycles. The molecule has 1 aliphatic rings. The molecule has 0 radical (unpaired) electrons. The van der Waals surface area contributed by atoms with E-state index >= 15 is 0 Å². The Kier molecular flexibility index (Phi) is 5.37. The van der Waals surface area contributed by atoms with Crippen LogP contribution in [-0.4, -0.2) is 53.3 Å². The highest BCUT2D eigenvalue weighted by Gasteiger charge is 2.18. The third-order valence-corrected chi connectivity index (χ3v) is 4.42. The van der Waals surface area contributed by atoms with Crippen molar-refractivity contribution in [3.63, 3.8) is 0 Å². The lowest BCUT2D eigenvalue weighted by Crippen LogP contribution is -2.47. The van der Waals surface area contributed by atoms with Gasteiger partial charge in [-0.2, -0.15) is 5.10 Å². The van der Waals surface area contributed by atoms with Crippen LogP contribution in [0.15, 0.2) is 36.5 Å². The van der Waals surface area contributed by atoms with E-state index in [1.54, 1.807) is 10.7 Å². The topological polar surface area (TPSA) is 53.4 Å². The average molecular weight is 348 g/mol. The first-order valence-corrected chi connectivity index (χ1v) is 8.50. The Balaban J connectivity index is 1.41. The maximum Gasteiger partial charge on any atom is 0.226 e. The maximum absolute atomic E-state index is 12.0. The van der Waals surface area contributed by atoms with Crippen LogP contribution in [0.3, 0.4) is 0 Å². The van der Waals surface area contributed by atoms with Gasteiger partial charge in [-0.1, -0.05) is 17.7 Å². The Bertz CT molecular complexity index is 694. The molecule has 1 N–H and O–H groups in total. The number of anilines is 2. The second-order valence-electron chi connectivity index (χ2n) is 5.98. The van der Waals surface area contributed by atoms with Gasteiger partial charge in [-0.3, -0.25) is 14.4 Å². The maximum atomic E-state index is 12.0. The van der Waals surface area contributed by atoms with E-state index in [1.807, 2.05) is 31.4 Å². The summed E-state index contributed by atoms with van der Waals surface area (Å²) >= 11 is 6.06. The Morgan fingerprint density at radius 3 is 2.71 bits per heavy atom.